The summed E-state index contributed by atoms with van der Waals surface area (Å²) in [4.78, 5) is 10.9. The van der Waals surface area contributed by atoms with Crippen LogP contribution in [-0.4, -0.2) is 23.1 Å². The predicted molar refractivity (Wildman–Crippen MR) is 86.4 cm³/mol. The van der Waals surface area contributed by atoms with Crippen LogP contribution < -0.4 is 10.2 Å². The summed E-state index contributed by atoms with van der Waals surface area (Å²) in [5.41, 5.74) is 1.02. The lowest BCUT2D eigenvalue weighted by Crippen LogP contribution is -2.33. The van der Waals surface area contributed by atoms with Crippen LogP contribution in [0.3, 0.4) is 0 Å². The van der Waals surface area contributed by atoms with Gasteiger partial charge in [-0.1, -0.05) is 19.1 Å². The zero-order valence-corrected chi connectivity index (χ0v) is 12.8. The normalized spacial score (nSPS) is 15.8. The Morgan fingerprint density at radius 2 is 1.91 bits per heavy atom. The molecule has 0 saturated carbocycles. The topological polar surface area (TPSA) is 41.0 Å². The summed E-state index contributed by atoms with van der Waals surface area (Å²) >= 11 is 0. The molecule has 1 aliphatic rings. The number of benzene rings is 1. The maximum atomic E-state index is 12.9. The predicted octanol–water partition coefficient (Wildman–Crippen LogP) is 3.46. The fourth-order valence-corrected chi connectivity index (χ4v) is 2.65. The quantitative estimate of drug-likeness (QED) is 0.939. The third-order valence-electron chi connectivity index (χ3n) is 4.15. The van der Waals surface area contributed by atoms with Crippen molar-refractivity contribution in [2.75, 3.05) is 23.3 Å². The molecule has 116 valence electrons. The molecule has 0 atom stereocenters. The minimum absolute atomic E-state index is 0.215. The molecular formula is C17H21FN4. The van der Waals surface area contributed by atoms with Crippen molar-refractivity contribution in [3.8, 4) is 0 Å². The lowest BCUT2D eigenvalue weighted by Gasteiger charge is -2.31. The van der Waals surface area contributed by atoms with Crippen molar-refractivity contribution in [1.29, 1.82) is 0 Å². The number of hydrogen-bond acceptors (Lipinski definition) is 4. The fourth-order valence-electron chi connectivity index (χ4n) is 2.65. The van der Waals surface area contributed by atoms with E-state index in [1.807, 2.05) is 6.07 Å². The van der Waals surface area contributed by atoms with Crippen LogP contribution in [0.4, 0.5) is 16.0 Å². The third-order valence-corrected chi connectivity index (χ3v) is 4.15. The Bertz CT molecular complexity index is 606. The Morgan fingerprint density at radius 1 is 1.18 bits per heavy atom. The zero-order valence-electron chi connectivity index (χ0n) is 12.8. The number of anilines is 2. The van der Waals surface area contributed by atoms with Gasteiger partial charge in [0.1, 0.15) is 23.8 Å². The molecule has 1 fully saturated rings. The van der Waals surface area contributed by atoms with Crippen LogP contribution in [0.2, 0.25) is 0 Å². The number of aromatic nitrogens is 2. The lowest BCUT2D eigenvalue weighted by atomic mass is 9.99. The standard InChI is InChI=1S/C17H21FN4/c1-13-6-8-22(9-7-13)17-10-16(20-12-21-17)19-11-14-2-4-15(18)5-3-14/h2-5,10,12-13H,6-9,11H2,1H3,(H,19,20,21). The van der Waals surface area contributed by atoms with Gasteiger partial charge in [0.05, 0.1) is 0 Å². The molecule has 1 aromatic carbocycles. The van der Waals surface area contributed by atoms with E-state index in [0.717, 1.165) is 36.2 Å². The molecule has 2 heterocycles. The minimum Gasteiger partial charge on any atom is -0.366 e. The van der Waals surface area contributed by atoms with Gasteiger partial charge in [-0.15, -0.1) is 0 Å². The molecule has 0 bridgehead atoms. The van der Waals surface area contributed by atoms with Crippen LogP contribution in [0.1, 0.15) is 25.3 Å². The molecule has 0 spiro atoms. The average molecular weight is 300 g/mol. The van der Waals surface area contributed by atoms with Gasteiger partial charge in [0.25, 0.3) is 0 Å². The highest BCUT2D eigenvalue weighted by molar-refractivity contribution is 5.48. The first kappa shape index (κ1) is 14.8. The van der Waals surface area contributed by atoms with Crippen LogP contribution in [0, 0.1) is 11.7 Å². The average Bonchev–Trinajstić information content (AvgIpc) is 2.55. The van der Waals surface area contributed by atoms with Gasteiger partial charge < -0.3 is 10.2 Å². The SMILES string of the molecule is CC1CCN(c2cc(NCc3ccc(F)cc3)ncn2)CC1. The molecule has 1 aromatic heterocycles. The first-order chi connectivity index (χ1) is 10.7. The molecule has 3 rings (SSSR count). The van der Waals surface area contributed by atoms with Crippen molar-refractivity contribution in [2.24, 2.45) is 5.92 Å². The van der Waals surface area contributed by atoms with Gasteiger partial charge in [-0.3, -0.25) is 0 Å². The van der Waals surface area contributed by atoms with Gasteiger partial charge in [-0.05, 0) is 36.5 Å². The van der Waals surface area contributed by atoms with Gasteiger partial charge in [-0.25, -0.2) is 14.4 Å². The number of piperidine rings is 1. The van der Waals surface area contributed by atoms with Crippen molar-refractivity contribution in [3.63, 3.8) is 0 Å². The van der Waals surface area contributed by atoms with Crippen molar-refractivity contribution >= 4 is 11.6 Å². The van der Waals surface area contributed by atoms with Crippen molar-refractivity contribution < 1.29 is 4.39 Å². The molecule has 22 heavy (non-hydrogen) atoms. The highest BCUT2D eigenvalue weighted by atomic mass is 19.1. The van der Waals surface area contributed by atoms with E-state index in [0.29, 0.717) is 6.54 Å². The molecule has 4 nitrogen and oxygen atoms in total. The monoisotopic (exact) mass is 300 g/mol. The van der Waals surface area contributed by atoms with E-state index in [2.05, 4.69) is 27.1 Å². The van der Waals surface area contributed by atoms with E-state index >= 15 is 0 Å². The molecule has 0 amide bonds. The molecule has 0 radical (unpaired) electrons. The van der Waals surface area contributed by atoms with Crippen LogP contribution in [0.25, 0.3) is 0 Å². The first-order valence-electron chi connectivity index (χ1n) is 7.76. The highest BCUT2D eigenvalue weighted by Crippen LogP contribution is 2.22. The Kier molecular flexibility index (Phi) is 4.51. The largest absolute Gasteiger partial charge is 0.366 e. The summed E-state index contributed by atoms with van der Waals surface area (Å²) < 4.78 is 12.9. The summed E-state index contributed by atoms with van der Waals surface area (Å²) in [6.07, 6.45) is 4.02. The minimum atomic E-state index is -0.215. The van der Waals surface area contributed by atoms with Gasteiger partial charge in [0, 0.05) is 25.7 Å². The first-order valence-corrected chi connectivity index (χ1v) is 7.76. The molecule has 1 saturated heterocycles. The number of nitrogens with one attached hydrogen (secondary N) is 1. The van der Waals surface area contributed by atoms with E-state index in [1.54, 1.807) is 18.5 Å². The highest BCUT2D eigenvalue weighted by Gasteiger charge is 2.17. The third kappa shape index (κ3) is 3.72. The summed E-state index contributed by atoms with van der Waals surface area (Å²) in [5.74, 6) is 2.36. The smallest absolute Gasteiger partial charge is 0.134 e. The van der Waals surface area contributed by atoms with Gasteiger partial charge in [0.15, 0.2) is 0 Å². The maximum Gasteiger partial charge on any atom is 0.134 e. The van der Waals surface area contributed by atoms with E-state index in [9.17, 15) is 4.39 Å². The number of hydrogen-bond donors (Lipinski definition) is 1. The molecular weight excluding hydrogens is 279 g/mol. The lowest BCUT2D eigenvalue weighted by molar-refractivity contribution is 0.436. The van der Waals surface area contributed by atoms with Crippen LogP contribution in [0.15, 0.2) is 36.7 Å². The van der Waals surface area contributed by atoms with E-state index in [1.165, 1.54) is 25.0 Å². The van der Waals surface area contributed by atoms with Gasteiger partial charge >= 0.3 is 0 Å². The zero-order chi connectivity index (χ0) is 15.4. The Balaban J connectivity index is 1.62. The molecule has 0 unspecified atom stereocenters. The van der Waals surface area contributed by atoms with Crippen LogP contribution in [0.5, 0.6) is 0 Å². The van der Waals surface area contributed by atoms with E-state index in [-0.39, 0.29) is 5.82 Å². The molecule has 2 aromatic rings. The van der Waals surface area contributed by atoms with Crippen LogP contribution >= 0.6 is 0 Å². The molecule has 1 N–H and O–H groups in total. The summed E-state index contributed by atoms with van der Waals surface area (Å²) in [7, 11) is 0. The maximum absolute atomic E-state index is 12.9. The summed E-state index contributed by atoms with van der Waals surface area (Å²) in [6.45, 7) is 5.02. The van der Waals surface area contributed by atoms with E-state index < -0.39 is 0 Å². The number of nitrogens with zero attached hydrogens (tertiary/aromatic N) is 3. The molecule has 1 aliphatic heterocycles. The number of halogens is 1. The van der Waals surface area contributed by atoms with Crippen molar-refractivity contribution in [3.05, 3.63) is 48.0 Å². The van der Waals surface area contributed by atoms with Crippen molar-refractivity contribution in [2.45, 2.75) is 26.3 Å². The molecule has 5 heteroatoms. The van der Waals surface area contributed by atoms with Crippen LogP contribution in [-0.2, 0) is 6.54 Å². The van der Waals surface area contributed by atoms with Gasteiger partial charge in [-0.2, -0.15) is 0 Å². The number of rotatable bonds is 4. The second kappa shape index (κ2) is 6.73. The summed E-state index contributed by atoms with van der Waals surface area (Å²) in [6, 6.07) is 8.47. The second-order valence-corrected chi connectivity index (χ2v) is 5.91. The Morgan fingerprint density at radius 3 is 2.64 bits per heavy atom. The fraction of sp³-hybridized carbons (Fsp3) is 0.412. The Labute approximate surface area is 130 Å². The van der Waals surface area contributed by atoms with E-state index in [4.69, 9.17) is 0 Å². The molecule has 0 aliphatic carbocycles. The second-order valence-electron chi connectivity index (χ2n) is 5.91. The van der Waals surface area contributed by atoms with Crippen molar-refractivity contribution in [1.82, 2.24) is 9.97 Å². The summed E-state index contributed by atoms with van der Waals surface area (Å²) in [5, 5.41) is 3.27. The Hall–Kier alpha value is -2.17. The van der Waals surface area contributed by atoms with Gasteiger partial charge in [0.2, 0.25) is 0 Å².